The van der Waals surface area contributed by atoms with Gasteiger partial charge in [-0.05, 0) is 138 Å². The lowest BCUT2D eigenvalue weighted by atomic mass is 9.72. The van der Waals surface area contributed by atoms with Crippen LogP contribution in [-0.2, 0) is 25.6 Å². The number of ether oxygens (including phenoxy) is 4. The maximum absolute atomic E-state index is 11.5. The van der Waals surface area contributed by atoms with Crippen LogP contribution in [0.1, 0.15) is 123 Å². The summed E-state index contributed by atoms with van der Waals surface area (Å²) in [6, 6.07) is 24.8. The Hall–Kier alpha value is -4.47. The third kappa shape index (κ3) is 15.4. The minimum Gasteiger partial charge on any atom is -0.490 e. The second-order valence-electron chi connectivity index (χ2n) is 19.4. The molecule has 2 aliphatic carbocycles. The van der Waals surface area contributed by atoms with Crippen molar-refractivity contribution in [3.05, 3.63) is 83.9 Å². The van der Waals surface area contributed by atoms with Crippen molar-refractivity contribution in [1.29, 1.82) is 0 Å². The summed E-state index contributed by atoms with van der Waals surface area (Å²) >= 11 is 0. The lowest BCUT2D eigenvalue weighted by Crippen LogP contribution is -2.30. The van der Waals surface area contributed by atoms with Crippen LogP contribution in [-0.4, -0.2) is 57.7 Å². The van der Waals surface area contributed by atoms with Gasteiger partial charge in [0.15, 0.2) is 0 Å². The molecular formula is C52H74N2O7. The zero-order chi connectivity index (χ0) is 44.7. The second kappa shape index (κ2) is 23.1. The molecule has 2 unspecified atom stereocenters. The molecule has 61 heavy (non-hydrogen) atoms. The molecule has 2 aliphatic rings. The summed E-state index contributed by atoms with van der Waals surface area (Å²) in [5, 5.41) is 7.94. The zero-order valence-corrected chi connectivity index (χ0v) is 38.7. The number of hydrogen-bond donors (Lipinski definition) is 2. The molecule has 6 rings (SSSR count). The molecule has 0 amide bonds. The van der Waals surface area contributed by atoms with Crippen LogP contribution < -0.4 is 20.5 Å². The van der Waals surface area contributed by atoms with E-state index in [9.17, 15) is 14.4 Å². The van der Waals surface area contributed by atoms with E-state index in [4.69, 9.17) is 19.9 Å². The van der Waals surface area contributed by atoms with Gasteiger partial charge in [0.2, 0.25) is 0 Å². The number of rotatable bonds is 12. The average molecular weight is 839 g/mol. The maximum Gasteiger partial charge on any atom is 0.309 e. The highest BCUT2D eigenvalue weighted by Gasteiger charge is 2.31. The van der Waals surface area contributed by atoms with Gasteiger partial charge in [0.25, 0.3) is 0 Å². The van der Waals surface area contributed by atoms with Crippen LogP contribution in [0.5, 0.6) is 11.5 Å². The number of carbonyl (C=O) groups excluding carboxylic acids is 3. The Morgan fingerprint density at radius 3 is 1.49 bits per heavy atom. The molecule has 0 aromatic heterocycles. The molecule has 0 radical (unpaired) electrons. The highest BCUT2D eigenvalue weighted by molar-refractivity contribution is 5.89. The smallest absolute Gasteiger partial charge is 0.309 e. The van der Waals surface area contributed by atoms with Gasteiger partial charge in [0.05, 0.1) is 38.3 Å². The fourth-order valence-corrected chi connectivity index (χ4v) is 8.34. The number of benzene rings is 4. The van der Waals surface area contributed by atoms with Crippen molar-refractivity contribution in [2.24, 2.45) is 40.2 Å². The predicted molar refractivity (Wildman–Crippen MR) is 248 cm³/mol. The third-order valence-corrected chi connectivity index (χ3v) is 12.6. The molecule has 4 aromatic rings. The van der Waals surface area contributed by atoms with Crippen LogP contribution in [0.15, 0.2) is 72.8 Å². The van der Waals surface area contributed by atoms with Crippen molar-refractivity contribution in [2.75, 3.05) is 27.3 Å². The number of aldehydes is 1. The Labute approximate surface area is 365 Å². The topological polar surface area (TPSA) is 126 Å². The number of nitrogens with one attached hydrogen (secondary N) is 1. The Balaban J connectivity index is 0.000000233. The summed E-state index contributed by atoms with van der Waals surface area (Å²) in [7, 11) is 2.78. The van der Waals surface area contributed by atoms with Crippen molar-refractivity contribution in [1.82, 2.24) is 5.32 Å². The van der Waals surface area contributed by atoms with E-state index in [-0.39, 0.29) is 23.8 Å². The molecule has 9 heteroatoms. The Morgan fingerprint density at radius 1 is 0.639 bits per heavy atom. The van der Waals surface area contributed by atoms with Crippen LogP contribution in [0, 0.1) is 34.5 Å². The summed E-state index contributed by atoms with van der Waals surface area (Å²) in [4.78, 5) is 32.8. The Kier molecular flexibility index (Phi) is 18.6. The van der Waals surface area contributed by atoms with E-state index in [1.54, 1.807) is 6.92 Å². The van der Waals surface area contributed by atoms with E-state index in [0.717, 1.165) is 72.6 Å². The first-order chi connectivity index (χ1) is 28.9. The van der Waals surface area contributed by atoms with E-state index in [1.165, 1.54) is 56.2 Å². The first-order valence-corrected chi connectivity index (χ1v) is 22.3. The minimum absolute atomic E-state index is 0.145. The van der Waals surface area contributed by atoms with E-state index >= 15 is 0 Å². The van der Waals surface area contributed by atoms with Gasteiger partial charge in [-0.2, -0.15) is 0 Å². The fourth-order valence-electron chi connectivity index (χ4n) is 8.34. The molecule has 2 saturated carbocycles. The maximum atomic E-state index is 11.5. The molecule has 0 spiro atoms. The molecular weight excluding hydrogens is 765 g/mol. The summed E-state index contributed by atoms with van der Waals surface area (Å²) in [6.07, 6.45) is 11.2. The number of nitrogens with two attached hydrogens (primary N) is 1. The molecule has 3 N–H and O–H groups in total. The third-order valence-electron chi connectivity index (χ3n) is 12.6. The van der Waals surface area contributed by atoms with Crippen molar-refractivity contribution in [3.8, 4) is 11.5 Å². The van der Waals surface area contributed by atoms with Crippen molar-refractivity contribution in [2.45, 2.75) is 126 Å². The van der Waals surface area contributed by atoms with Crippen LogP contribution in [0.4, 0.5) is 0 Å². The molecule has 0 saturated heterocycles. The van der Waals surface area contributed by atoms with Gasteiger partial charge in [0, 0.05) is 25.2 Å². The highest BCUT2D eigenvalue weighted by Crippen LogP contribution is 2.40. The van der Waals surface area contributed by atoms with Crippen LogP contribution >= 0.6 is 0 Å². The highest BCUT2D eigenvalue weighted by atomic mass is 16.5. The second-order valence-corrected chi connectivity index (χ2v) is 19.4. The number of fused-ring (bicyclic) bond motifs is 2. The molecule has 2 fully saturated rings. The van der Waals surface area contributed by atoms with E-state index in [0.29, 0.717) is 41.7 Å². The summed E-state index contributed by atoms with van der Waals surface area (Å²) in [6.45, 7) is 19.4. The number of hydrogen-bond acceptors (Lipinski definition) is 9. The van der Waals surface area contributed by atoms with Gasteiger partial charge >= 0.3 is 11.9 Å². The minimum atomic E-state index is -0.243. The van der Waals surface area contributed by atoms with Gasteiger partial charge in [0.1, 0.15) is 17.8 Å². The molecule has 0 aliphatic heterocycles. The first-order valence-electron chi connectivity index (χ1n) is 22.3. The standard InChI is InChI=1S/C26H37NO3.C21H26O2.C5H11NO2/c1-18(25(28)29-5)16-27-17-19-6-7-21-15-24(11-8-20(21)14-19)30-23-12-9-22(10-13-23)26(2,3)4;1-21(2,3)18-7-10-19(11-8-18)23-20-9-6-16-12-15(14-22)4-5-17(16)13-20;1-4(3-6)5(7)8-2/h6-8,11,14-15,18,22-23,27H,9-10,12-13,16-17H2,1-5H3;4-6,9,12-14,18-19H,7-8,10-11H2,1-3H3;4H,3,6H2,1-2H3. The van der Waals surface area contributed by atoms with Gasteiger partial charge in [-0.15, -0.1) is 0 Å². The van der Waals surface area contributed by atoms with Gasteiger partial charge in [-0.1, -0.05) is 91.8 Å². The monoisotopic (exact) mass is 839 g/mol. The van der Waals surface area contributed by atoms with Crippen LogP contribution in [0.25, 0.3) is 21.5 Å². The van der Waals surface area contributed by atoms with Crippen LogP contribution in [0.2, 0.25) is 0 Å². The molecule has 0 heterocycles. The van der Waals surface area contributed by atoms with Gasteiger partial charge in [-0.3, -0.25) is 14.4 Å². The number of carbonyl (C=O) groups is 3. The van der Waals surface area contributed by atoms with Gasteiger partial charge in [-0.25, -0.2) is 0 Å². The number of esters is 2. The molecule has 2 atom stereocenters. The first kappa shape index (κ1) is 49.2. The molecule has 9 nitrogen and oxygen atoms in total. The fraction of sp³-hybridized carbons (Fsp3) is 0.558. The molecule has 4 aromatic carbocycles. The Bertz CT molecular complexity index is 2000. The quantitative estimate of drug-likeness (QED) is 0.106. The van der Waals surface area contributed by atoms with Crippen molar-refractivity contribution in [3.63, 3.8) is 0 Å². The van der Waals surface area contributed by atoms with Crippen molar-refractivity contribution < 1.29 is 33.3 Å². The van der Waals surface area contributed by atoms with Crippen molar-refractivity contribution >= 4 is 39.8 Å². The van der Waals surface area contributed by atoms with E-state index in [1.807, 2.05) is 37.3 Å². The predicted octanol–water partition coefficient (Wildman–Crippen LogP) is 11.1. The number of methoxy groups -OCH3 is 2. The van der Waals surface area contributed by atoms with E-state index < -0.39 is 0 Å². The largest absolute Gasteiger partial charge is 0.490 e. The zero-order valence-electron chi connectivity index (χ0n) is 38.7. The Morgan fingerprint density at radius 2 is 1.07 bits per heavy atom. The molecule has 0 bridgehead atoms. The van der Waals surface area contributed by atoms with E-state index in [2.05, 4.69) is 94.1 Å². The summed E-state index contributed by atoms with van der Waals surface area (Å²) in [5.74, 6) is 2.79. The normalized spacial score (nSPS) is 20.2. The SMILES string of the molecule is CC(C)(C)C1CCC(Oc2ccc3cc(C=O)ccc3c2)CC1.COC(=O)C(C)CN.COC(=O)C(C)CNCc1ccc2cc(OC3CCC(C(C)(C)C)CC3)ccc2c1. The lowest BCUT2D eigenvalue weighted by molar-refractivity contribution is -0.145. The van der Waals surface area contributed by atoms with Crippen LogP contribution in [0.3, 0.4) is 0 Å². The van der Waals surface area contributed by atoms with Gasteiger partial charge < -0.3 is 30.0 Å². The summed E-state index contributed by atoms with van der Waals surface area (Å²) in [5.41, 5.74) is 7.87. The average Bonchev–Trinajstić information content (AvgIpc) is 3.25. The summed E-state index contributed by atoms with van der Waals surface area (Å²) < 4.78 is 21.7. The molecule has 334 valence electrons. The lowest BCUT2D eigenvalue weighted by Gasteiger charge is -2.37.